The number of benzene rings is 2. The lowest BCUT2D eigenvalue weighted by atomic mass is 9.86. The first-order chi connectivity index (χ1) is 19.6. The SMILES string of the molecule is CSCC[C@H](NC(=O)Cc1cc(F)cc(F)c1)C(=O)C1(N)C(=O)N(CC2CC2)c2ccccc2N(CC2CC2)C1=O. The molecule has 8 nitrogen and oxygen atoms in total. The summed E-state index contributed by atoms with van der Waals surface area (Å²) in [4.78, 5) is 58.7. The molecule has 3 aliphatic rings. The van der Waals surface area contributed by atoms with E-state index in [2.05, 4.69) is 5.32 Å². The predicted octanol–water partition coefficient (Wildman–Crippen LogP) is 3.21. The van der Waals surface area contributed by atoms with Gasteiger partial charge in [-0.3, -0.25) is 19.2 Å². The van der Waals surface area contributed by atoms with Gasteiger partial charge in [-0.2, -0.15) is 11.8 Å². The molecule has 0 bridgehead atoms. The number of hydrogen-bond donors (Lipinski definition) is 2. The topological polar surface area (TPSA) is 113 Å². The van der Waals surface area contributed by atoms with E-state index in [1.165, 1.54) is 21.6 Å². The van der Waals surface area contributed by atoms with E-state index >= 15 is 0 Å². The molecule has 0 radical (unpaired) electrons. The van der Waals surface area contributed by atoms with E-state index in [4.69, 9.17) is 5.73 Å². The Balaban J connectivity index is 1.49. The minimum absolute atomic E-state index is 0.0850. The molecule has 2 aliphatic carbocycles. The summed E-state index contributed by atoms with van der Waals surface area (Å²) < 4.78 is 27.4. The van der Waals surface area contributed by atoms with Crippen LogP contribution in [0.5, 0.6) is 0 Å². The standard InChI is InChI=1S/C30H34F2N4O4S/c1-41-11-10-23(34-26(37)14-20-12-21(31)15-22(32)13-20)27(38)30(33)28(39)35(16-18-6-7-18)24-4-2-3-5-25(24)36(29(30)40)17-19-8-9-19/h2-5,12-13,15,18-19,23H,6-11,14,16-17,33H2,1H3,(H,34,37)/t23-/m0/s1. The van der Waals surface area contributed by atoms with Crippen molar-refractivity contribution in [3.05, 3.63) is 59.7 Å². The van der Waals surface area contributed by atoms with Crippen LogP contribution in [0.3, 0.4) is 0 Å². The maximum atomic E-state index is 14.3. The molecule has 41 heavy (non-hydrogen) atoms. The van der Waals surface area contributed by atoms with Crippen LogP contribution in [0, 0.1) is 23.5 Å². The molecule has 2 aromatic rings. The molecule has 1 atom stereocenters. The van der Waals surface area contributed by atoms with Crippen LogP contribution in [0.25, 0.3) is 0 Å². The molecule has 2 fully saturated rings. The highest BCUT2D eigenvalue weighted by Gasteiger charge is 2.58. The molecule has 0 unspecified atom stereocenters. The van der Waals surface area contributed by atoms with Crippen LogP contribution >= 0.6 is 11.8 Å². The average Bonchev–Trinajstić information content (AvgIpc) is 3.86. The van der Waals surface area contributed by atoms with Crippen LogP contribution < -0.4 is 20.9 Å². The molecular formula is C30H34F2N4O4S. The normalized spacial score (nSPS) is 19.0. The third kappa shape index (κ3) is 6.30. The molecule has 1 aliphatic heterocycles. The Morgan fingerprint density at radius 1 is 0.976 bits per heavy atom. The highest BCUT2D eigenvalue weighted by molar-refractivity contribution is 7.98. The van der Waals surface area contributed by atoms with Crippen molar-refractivity contribution in [1.82, 2.24) is 5.32 Å². The number of anilines is 2. The van der Waals surface area contributed by atoms with E-state index in [1.54, 1.807) is 24.3 Å². The Morgan fingerprint density at radius 3 is 1.95 bits per heavy atom. The highest BCUT2D eigenvalue weighted by atomic mass is 32.2. The van der Waals surface area contributed by atoms with E-state index in [9.17, 15) is 28.0 Å². The van der Waals surface area contributed by atoms with Gasteiger partial charge in [0, 0.05) is 19.2 Å². The highest BCUT2D eigenvalue weighted by Crippen LogP contribution is 2.41. The Morgan fingerprint density at radius 2 is 1.49 bits per heavy atom. The van der Waals surface area contributed by atoms with Crippen molar-refractivity contribution in [1.29, 1.82) is 0 Å². The van der Waals surface area contributed by atoms with Gasteiger partial charge in [-0.15, -0.1) is 0 Å². The smallest absolute Gasteiger partial charge is 0.264 e. The first-order valence-corrected chi connectivity index (χ1v) is 15.3. The van der Waals surface area contributed by atoms with Crippen LogP contribution in [0.1, 0.15) is 37.7 Å². The average molecular weight is 585 g/mol. The Hall–Kier alpha value is -3.31. The fourth-order valence-electron chi connectivity index (χ4n) is 5.27. The second kappa shape index (κ2) is 11.9. The van der Waals surface area contributed by atoms with Gasteiger partial charge < -0.3 is 20.9 Å². The molecule has 0 aromatic heterocycles. The van der Waals surface area contributed by atoms with Gasteiger partial charge in [0.2, 0.25) is 11.4 Å². The quantitative estimate of drug-likeness (QED) is 0.371. The number of Topliss-reactive ketones (excluding diaryl/α,β-unsaturated/α-hetero) is 1. The van der Waals surface area contributed by atoms with Crippen LogP contribution in [0.2, 0.25) is 0 Å². The first kappa shape index (κ1) is 29.2. The molecule has 11 heteroatoms. The third-order valence-corrected chi connectivity index (χ3v) is 8.49. The summed E-state index contributed by atoms with van der Waals surface area (Å²) in [6.07, 6.45) is 5.28. The van der Waals surface area contributed by atoms with Gasteiger partial charge in [0.15, 0.2) is 5.78 Å². The zero-order valence-corrected chi connectivity index (χ0v) is 23.7. The maximum absolute atomic E-state index is 14.3. The van der Waals surface area contributed by atoms with Crippen molar-refractivity contribution in [2.45, 2.75) is 50.1 Å². The number of para-hydroxylation sites is 2. The first-order valence-electron chi connectivity index (χ1n) is 13.9. The molecule has 0 saturated heterocycles. The molecule has 1 heterocycles. The summed E-state index contributed by atoms with van der Waals surface area (Å²) in [7, 11) is 0. The van der Waals surface area contributed by atoms with Gasteiger partial charge in [-0.05, 0) is 85.8 Å². The summed E-state index contributed by atoms with van der Waals surface area (Å²) in [5, 5.41) is 2.61. The zero-order valence-electron chi connectivity index (χ0n) is 22.9. The van der Waals surface area contributed by atoms with Crippen molar-refractivity contribution in [3.8, 4) is 0 Å². The fourth-order valence-corrected chi connectivity index (χ4v) is 5.74. The van der Waals surface area contributed by atoms with Crippen LogP contribution in [-0.4, -0.2) is 60.2 Å². The molecule has 2 aromatic carbocycles. The molecule has 3 N–H and O–H groups in total. The van der Waals surface area contributed by atoms with Gasteiger partial charge >= 0.3 is 0 Å². The van der Waals surface area contributed by atoms with E-state index in [-0.39, 0.29) is 23.8 Å². The van der Waals surface area contributed by atoms with Crippen molar-refractivity contribution in [2.75, 3.05) is 34.9 Å². The minimum Gasteiger partial charge on any atom is -0.346 e. The second-order valence-corrected chi connectivity index (χ2v) is 12.2. The number of thioether (sulfide) groups is 1. The van der Waals surface area contributed by atoms with Crippen molar-refractivity contribution in [3.63, 3.8) is 0 Å². The molecule has 3 amide bonds. The van der Waals surface area contributed by atoms with Crippen molar-refractivity contribution >= 4 is 46.6 Å². The van der Waals surface area contributed by atoms with Gasteiger partial charge in [-0.25, -0.2) is 8.78 Å². The van der Waals surface area contributed by atoms with Crippen LogP contribution in [-0.2, 0) is 25.6 Å². The van der Waals surface area contributed by atoms with Gasteiger partial charge in [-0.1, -0.05) is 12.1 Å². The lowest BCUT2D eigenvalue weighted by Gasteiger charge is -2.33. The van der Waals surface area contributed by atoms with Gasteiger partial charge in [0.05, 0.1) is 23.8 Å². The number of amides is 3. The monoisotopic (exact) mass is 584 g/mol. The molecule has 2 saturated carbocycles. The maximum Gasteiger partial charge on any atom is 0.264 e. The lowest BCUT2D eigenvalue weighted by molar-refractivity contribution is -0.144. The summed E-state index contributed by atoms with van der Waals surface area (Å²) in [5.41, 5.74) is 5.29. The van der Waals surface area contributed by atoms with Crippen molar-refractivity contribution < 1.29 is 28.0 Å². The van der Waals surface area contributed by atoms with Gasteiger partial charge in [0.25, 0.3) is 11.8 Å². The number of carbonyl (C=O) groups is 4. The number of nitrogens with zero attached hydrogens (tertiary/aromatic N) is 2. The van der Waals surface area contributed by atoms with E-state index in [0.717, 1.165) is 37.8 Å². The summed E-state index contributed by atoms with van der Waals surface area (Å²) in [6, 6.07) is 8.61. The Labute approximate surface area is 242 Å². The Kier molecular flexibility index (Phi) is 8.47. The molecule has 5 rings (SSSR count). The summed E-state index contributed by atoms with van der Waals surface area (Å²) in [6.45, 7) is 0.666. The third-order valence-electron chi connectivity index (χ3n) is 7.84. The van der Waals surface area contributed by atoms with E-state index in [0.29, 0.717) is 36.3 Å². The zero-order chi connectivity index (χ0) is 29.3. The fraction of sp³-hybridized carbons (Fsp3) is 0.467. The van der Waals surface area contributed by atoms with E-state index in [1.807, 2.05) is 6.26 Å². The Bertz CT molecular complexity index is 1290. The van der Waals surface area contributed by atoms with Crippen LogP contribution in [0.15, 0.2) is 42.5 Å². The number of carbonyl (C=O) groups excluding carboxylic acids is 4. The van der Waals surface area contributed by atoms with E-state index < -0.39 is 53.1 Å². The number of halogens is 2. The summed E-state index contributed by atoms with van der Waals surface area (Å²) >= 11 is 1.42. The largest absolute Gasteiger partial charge is 0.346 e. The van der Waals surface area contributed by atoms with Gasteiger partial charge in [0.1, 0.15) is 11.6 Å². The number of rotatable bonds is 12. The molecule has 0 spiro atoms. The number of nitrogens with one attached hydrogen (secondary N) is 1. The lowest BCUT2D eigenvalue weighted by Crippen LogP contribution is -2.71. The number of ketones is 1. The predicted molar refractivity (Wildman–Crippen MR) is 154 cm³/mol. The summed E-state index contributed by atoms with van der Waals surface area (Å²) in [5.74, 6) is -3.92. The number of nitrogens with two attached hydrogens (primary N) is 1. The second-order valence-electron chi connectivity index (χ2n) is 11.2. The number of fused-ring (bicyclic) bond motifs is 1. The van der Waals surface area contributed by atoms with Crippen LogP contribution in [0.4, 0.5) is 20.2 Å². The van der Waals surface area contributed by atoms with Crippen molar-refractivity contribution in [2.24, 2.45) is 17.6 Å². The molecular weight excluding hydrogens is 550 g/mol. The molecule has 218 valence electrons. The minimum atomic E-state index is -2.57. The number of hydrogen-bond acceptors (Lipinski definition) is 6.